The zero-order valence-electron chi connectivity index (χ0n) is 13.7. The molecule has 0 aromatic rings. The van der Waals surface area contributed by atoms with Crippen LogP contribution in [0.25, 0.3) is 0 Å². The highest BCUT2D eigenvalue weighted by atomic mass is 127. The summed E-state index contributed by atoms with van der Waals surface area (Å²) in [6.45, 7) is 10.0. The van der Waals surface area contributed by atoms with Gasteiger partial charge in [-0.25, -0.2) is 0 Å². The molecule has 0 aromatic heterocycles. The van der Waals surface area contributed by atoms with E-state index in [9.17, 15) is 0 Å². The van der Waals surface area contributed by atoms with Gasteiger partial charge >= 0.3 is 0 Å². The number of fused-ring (bicyclic) bond motifs is 1. The molecule has 2 saturated heterocycles. The number of rotatable bonds is 3. The summed E-state index contributed by atoms with van der Waals surface area (Å²) in [4.78, 5) is 0. The van der Waals surface area contributed by atoms with E-state index in [1.54, 1.807) is 0 Å². The maximum absolute atomic E-state index is 5.52. The van der Waals surface area contributed by atoms with Crippen molar-refractivity contribution in [2.45, 2.75) is 25.7 Å². The van der Waals surface area contributed by atoms with E-state index in [-0.39, 0.29) is 48.0 Å². The number of likely N-dealkylation sites (N-methyl/N-ethyl adjacent to an activating group) is 2. The minimum Gasteiger partial charge on any atom is -1.00 e. The Kier molecular flexibility index (Phi) is 8.19. The fourth-order valence-electron chi connectivity index (χ4n) is 4.64. The van der Waals surface area contributed by atoms with Crippen molar-refractivity contribution in [2.75, 3.05) is 66.6 Å². The molecule has 126 valence electrons. The van der Waals surface area contributed by atoms with Crippen molar-refractivity contribution in [1.82, 2.24) is 0 Å². The number of hydrogen-bond donors (Lipinski definition) is 0. The first-order chi connectivity index (χ1) is 9.09. The Balaban J connectivity index is 0.00000110. The zero-order valence-corrected chi connectivity index (χ0v) is 18.0. The monoisotopic (exact) mass is 522 g/mol. The Bertz CT molecular complexity index is 307. The molecule has 2 atom stereocenters. The summed E-state index contributed by atoms with van der Waals surface area (Å²) in [5.41, 5.74) is 0. The summed E-state index contributed by atoms with van der Waals surface area (Å²) in [6.07, 6.45) is 6.01. The van der Waals surface area contributed by atoms with Crippen LogP contribution in [0.4, 0.5) is 0 Å². The molecule has 3 fully saturated rings. The second-order valence-corrected chi connectivity index (χ2v) is 7.92. The Morgan fingerprint density at radius 3 is 1.81 bits per heavy atom. The molecule has 0 radical (unpaired) electrons. The van der Waals surface area contributed by atoms with Crippen LogP contribution in [-0.4, -0.2) is 75.5 Å². The van der Waals surface area contributed by atoms with Crippen LogP contribution in [0.3, 0.4) is 0 Å². The van der Waals surface area contributed by atoms with Crippen molar-refractivity contribution in [3.05, 3.63) is 0 Å². The van der Waals surface area contributed by atoms with Crippen molar-refractivity contribution in [3.8, 4) is 0 Å². The number of morpholine rings is 1. The fourth-order valence-corrected chi connectivity index (χ4v) is 4.64. The molecule has 3 nitrogen and oxygen atoms in total. The lowest BCUT2D eigenvalue weighted by molar-refractivity contribution is -0.963. The van der Waals surface area contributed by atoms with Crippen LogP contribution in [-0.2, 0) is 4.74 Å². The van der Waals surface area contributed by atoms with Gasteiger partial charge < -0.3 is 61.7 Å². The van der Waals surface area contributed by atoms with E-state index in [1.807, 2.05) is 0 Å². The van der Waals surface area contributed by atoms with Gasteiger partial charge in [-0.2, -0.15) is 0 Å². The number of hydrogen-bond acceptors (Lipinski definition) is 1. The summed E-state index contributed by atoms with van der Waals surface area (Å²) in [6, 6.07) is 0. The van der Waals surface area contributed by atoms with E-state index in [1.165, 1.54) is 73.9 Å². The molecule has 1 aliphatic carbocycles. The molecule has 2 unspecified atom stereocenters. The fraction of sp³-hybridized carbons (Fsp3) is 1.00. The third-order valence-electron chi connectivity index (χ3n) is 6.15. The Morgan fingerprint density at radius 1 is 0.810 bits per heavy atom. The number of halogens is 2. The summed E-state index contributed by atoms with van der Waals surface area (Å²) in [7, 11) is 4.95. The van der Waals surface area contributed by atoms with Crippen LogP contribution in [0.5, 0.6) is 0 Å². The molecule has 0 amide bonds. The van der Waals surface area contributed by atoms with E-state index < -0.39 is 0 Å². The molecule has 21 heavy (non-hydrogen) atoms. The highest BCUT2D eigenvalue weighted by Gasteiger charge is 2.44. The van der Waals surface area contributed by atoms with Crippen LogP contribution in [0.1, 0.15) is 25.7 Å². The van der Waals surface area contributed by atoms with Gasteiger partial charge in [-0.15, -0.1) is 0 Å². The first-order valence-corrected chi connectivity index (χ1v) is 8.34. The van der Waals surface area contributed by atoms with Crippen LogP contribution in [0, 0.1) is 11.8 Å². The third kappa shape index (κ3) is 5.16. The Hall–Kier alpha value is 1.34. The van der Waals surface area contributed by atoms with E-state index in [2.05, 4.69) is 14.1 Å². The van der Waals surface area contributed by atoms with Gasteiger partial charge in [0.25, 0.3) is 0 Å². The molecular formula is C16H32I2N2O. The quantitative estimate of drug-likeness (QED) is 0.270. The zero-order chi connectivity index (χ0) is 13.3. The number of likely N-dealkylation sites (tertiary alicyclic amines) is 1. The van der Waals surface area contributed by atoms with E-state index in [4.69, 9.17) is 4.74 Å². The Labute approximate surface area is 165 Å². The number of nitrogens with zero attached hydrogens (tertiary/aromatic N) is 2. The smallest absolute Gasteiger partial charge is 0.128 e. The summed E-state index contributed by atoms with van der Waals surface area (Å²) >= 11 is 0. The standard InChI is InChI=1S/C16H32N2O.2HI/c1-17(9-11-19-12-10-17)7-8-18(2)13-15-5-3-4-6-16(15)14-18;;/h15-16H,3-14H2,1-2H3;2*1H/q+2;;/p-2. The third-order valence-corrected chi connectivity index (χ3v) is 6.15. The lowest BCUT2D eigenvalue weighted by Gasteiger charge is -2.40. The van der Waals surface area contributed by atoms with Crippen LogP contribution in [0.15, 0.2) is 0 Å². The average molecular weight is 522 g/mol. The summed E-state index contributed by atoms with van der Waals surface area (Å²) in [5, 5.41) is 0. The largest absolute Gasteiger partial charge is 1.00 e. The highest BCUT2D eigenvalue weighted by Crippen LogP contribution is 2.38. The minimum atomic E-state index is 0. The van der Waals surface area contributed by atoms with Crippen molar-refractivity contribution >= 4 is 0 Å². The molecule has 3 aliphatic rings. The molecule has 3 rings (SSSR count). The molecule has 0 bridgehead atoms. The second kappa shape index (κ2) is 8.44. The SMILES string of the molecule is C[N+]1(CC[N+]2(C)CC3CCCCC3C2)CCOCC1.[I-].[I-]. The van der Waals surface area contributed by atoms with E-state index >= 15 is 0 Å². The summed E-state index contributed by atoms with van der Waals surface area (Å²) in [5.74, 6) is 2.10. The van der Waals surface area contributed by atoms with Crippen LogP contribution >= 0.6 is 0 Å². The van der Waals surface area contributed by atoms with Crippen LogP contribution < -0.4 is 48.0 Å². The van der Waals surface area contributed by atoms with Gasteiger partial charge in [-0.1, -0.05) is 12.8 Å². The van der Waals surface area contributed by atoms with Gasteiger partial charge in [0.15, 0.2) is 0 Å². The molecule has 0 aromatic carbocycles. The van der Waals surface area contributed by atoms with Crippen molar-refractivity contribution in [2.24, 2.45) is 11.8 Å². The second-order valence-electron chi connectivity index (χ2n) is 7.92. The topological polar surface area (TPSA) is 9.23 Å². The Morgan fingerprint density at radius 2 is 1.29 bits per heavy atom. The maximum Gasteiger partial charge on any atom is 0.128 e. The molecule has 0 spiro atoms. The molecule has 2 aliphatic heterocycles. The average Bonchev–Trinajstić information content (AvgIpc) is 2.74. The first kappa shape index (κ1) is 20.4. The van der Waals surface area contributed by atoms with Crippen molar-refractivity contribution < 1.29 is 61.7 Å². The molecule has 5 heteroatoms. The molecular weight excluding hydrogens is 490 g/mol. The van der Waals surface area contributed by atoms with Crippen LogP contribution in [0.2, 0.25) is 0 Å². The van der Waals surface area contributed by atoms with Gasteiger partial charge in [0, 0.05) is 11.8 Å². The number of ether oxygens (including phenoxy) is 1. The van der Waals surface area contributed by atoms with Crippen molar-refractivity contribution in [1.29, 1.82) is 0 Å². The van der Waals surface area contributed by atoms with Gasteiger partial charge in [0.05, 0.1) is 40.4 Å². The van der Waals surface area contributed by atoms with Gasteiger partial charge in [0.1, 0.15) is 26.2 Å². The first-order valence-electron chi connectivity index (χ1n) is 8.34. The lowest BCUT2D eigenvalue weighted by Crippen LogP contribution is -3.00. The van der Waals surface area contributed by atoms with Gasteiger partial charge in [-0.3, -0.25) is 0 Å². The van der Waals surface area contributed by atoms with E-state index in [0.717, 1.165) is 25.0 Å². The maximum atomic E-state index is 5.52. The van der Waals surface area contributed by atoms with Gasteiger partial charge in [-0.05, 0) is 12.8 Å². The molecule has 1 saturated carbocycles. The normalized spacial score (nSPS) is 38.0. The summed E-state index contributed by atoms with van der Waals surface area (Å²) < 4.78 is 8.11. The molecule has 0 N–H and O–H groups in total. The minimum absolute atomic E-state index is 0. The van der Waals surface area contributed by atoms with E-state index in [0.29, 0.717) is 0 Å². The molecule has 2 heterocycles. The highest BCUT2D eigenvalue weighted by molar-refractivity contribution is 4.80. The van der Waals surface area contributed by atoms with Gasteiger partial charge in [0.2, 0.25) is 0 Å². The van der Waals surface area contributed by atoms with Crippen molar-refractivity contribution in [3.63, 3.8) is 0 Å². The number of quaternary nitrogens is 2. The predicted octanol–water partition coefficient (Wildman–Crippen LogP) is -4.26. The lowest BCUT2D eigenvalue weighted by atomic mass is 9.82. The predicted molar refractivity (Wildman–Crippen MR) is 77.8 cm³/mol.